The monoisotopic (exact) mass is 376 g/mol. The zero-order valence-corrected chi connectivity index (χ0v) is 15.9. The van der Waals surface area contributed by atoms with E-state index in [0.29, 0.717) is 18.5 Å². The predicted molar refractivity (Wildman–Crippen MR) is 100 cm³/mol. The minimum atomic E-state index is 0.294. The van der Waals surface area contributed by atoms with Crippen LogP contribution in [0.4, 0.5) is 5.82 Å². The van der Waals surface area contributed by atoms with Gasteiger partial charge in [-0.15, -0.1) is 0 Å². The highest BCUT2D eigenvalue weighted by Gasteiger charge is 2.28. The van der Waals surface area contributed by atoms with Crippen molar-refractivity contribution < 1.29 is 4.74 Å². The largest absolute Gasteiger partial charge is 0.370 e. The van der Waals surface area contributed by atoms with E-state index in [1.807, 2.05) is 0 Å². The Labute approximate surface area is 158 Å². The molecule has 2 N–H and O–H groups in total. The van der Waals surface area contributed by atoms with Crippen LogP contribution in [-0.2, 0) is 37.5 Å². The van der Waals surface area contributed by atoms with E-state index in [1.54, 1.807) is 0 Å². The fourth-order valence-electron chi connectivity index (χ4n) is 3.88. The highest BCUT2D eigenvalue weighted by Crippen LogP contribution is 2.32. The predicted octanol–water partition coefficient (Wildman–Crippen LogP) is 2.36. The number of anilines is 1. The summed E-state index contributed by atoms with van der Waals surface area (Å²) in [7, 11) is 0. The molecule has 140 valence electrons. The number of halogens is 1. The summed E-state index contributed by atoms with van der Waals surface area (Å²) in [4.78, 5) is 11.1. The third kappa shape index (κ3) is 3.31. The Morgan fingerprint density at radius 1 is 1.15 bits per heavy atom. The quantitative estimate of drug-likeness (QED) is 0.615. The van der Waals surface area contributed by atoms with Crippen molar-refractivity contribution in [1.29, 1.82) is 0 Å². The van der Waals surface area contributed by atoms with Gasteiger partial charge in [0.15, 0.2) is 0 Å². The van der Waals surface area contributed by atoms with Crippen LogP contribution < -0.4 is 10.6 Å². The zero-order chi connectivity index (χ0) is 18.1. The first kappa shape index (κ1) is 17.7. The Morgan fingerprint density at radius 2 is 2.04 bits per heavy atom. The fourth-order valence-corrected chi connectivity index (χ4v) is 4.06. The molecule has 2 aromatic heterocycles. The lowest BCUT2D eigenvalue weighted by atomic mass is 10.0. The summed E-state index contributed by atoms with van der Waals surface area (Å²) in [5.41, 5.74) is 11.4. The summed E-state index contributed by atoms with van der Waals surface area (Å²) in [6, 6.07) is 0. The average Bonchev–Trinajstić information content (AvgIpc) is 3.22. The molecule has 4 heterocycles. The van der Waals surface area contributed by atoms with Crippen molar-refractivity contribution in [1.82, 2.24) is 19.7 Å². The molecule has 0 atom stereocenters. The Hall–Kier alpha value is -1.70. The van der Waals surface area contributed by atoms with Gasteiger partial charge in [-0.2, -0.15) is 5.10 Å². The molecule has 0 unspecified atom stereocenters. The summed E-state index contributed by atoms with van der Waals surface area (Å²) in [5, 5.41) is 5.08. The second kappa shape index (κ2) is 7.50. The number of unbranched alkanes of at least 4 members (excludes halogenated alkanes) is 2. The lowest BCUT2D eigenvalue weighted by molar-refractivity contribution is 0.133. The van der Waals surface area contributed by atoms with E-state index < -0.39 is 0 Å². The van der Waals surface area contributed by atoms with Crippen molar-refractivity contribution in [3.05, 3.63) is 33.5 Å². The number of nitrogens with two attached hydrogens (primary N) is 1. The van der Waals surface area contributed by atoms with Gasteiger partial charge < -0.3 is 15.4 Å². The molecule has 2 aliphatic heterocycles. The van der Waals surface area contributed by atoms with Gasteiger partial charge in [-0.1, -0.05) is 6.42 Å². The average molecular weight is 377 g/mol. The second-order valence-corrected chi connectivity index (χ2v) is 7.33. The maximum atomic E-state index is 6.14. The fraction of sp³-hybridized carbons (Fsp3) is 0.611. The summed E-state index contributed by atoms with van der Waals surface area (Å²) >= 11 is 6.14. The number of ether oxygens (including phenoxy) is 1. The van der Waals surface area contributed by atoms with Gasteiger partial charge in [0.05, 0.1) is 24.6 Å². The van der Waals surface area contributed by atoms with Gasteiger partial charge in [-0.25, -0.2) is 9.97 Å². The molecule has 7 nitrogen and oxygen atoms in total. The van der Waals surface area contributed by atoms with Crippen LogP contribution in [0.25, 0.3) is 0 Å². The van der Waals surface area contributed by atoms with E-state index in [9.17, 15) is 0 Å². The maximum absolute atomic E-state index is 6.14. The van der Waals surface area contributed by atoms with Gasteiger partial charge in [0.25, 0.3) is 0 Å². The Balaban J connectivity index is 1.55. The molecule has 26 heavy (non-hydrogen) atoms. The van der Waals surface area contributed by atoms with Crippen molar-refractivity contribution in [3.8, 4) is 0 Å². The summed E-state index contributed by atoms with van der Waals surface area (Å²) in [6.45, 7) is 6.62. The van der Waals surface area contributed by atoms with Gasteiger partial charge in [0, 0.05) is 42.9 Å². The Kier molecular flexibility index (Phi) is 5.11. The normalized spacial score (nSPS) is 16.0. The van der Waals surface area contributed by atoms with Crippen LogP contribution in [0, 0.1) is 6.92 Å². The highest BCUT2D eigenvalue weighted by molar-refractivity contribution is 6.28. The number of rotatable bonds is 6. The van der Waals surface area contributed by atoms with E-state index in [-0.39, 0.29) is 0 Å². The number of aryl methyl sites for hydroxylation is 2. The molecule has 2 aromatic rings. The molecular weight excluding hydrogens is 352 g/mol. The third-order valence-corrected chi connectivity index (χ3v) is 5.41. The van der Waals surface area contributed by atoms with Gasteiger partial charge in [-0.3, -0.25) is 4.68 Å². The van der Waals surface area contributed by atoms with Crippen LogP contribution in [0.3, 0.4) is 0 Å². The van der Waals surface area contributed by atoms with Crippen LogP contribution in [0.5, 0.6) is 0 Å². The maximum Gasteiger partial charge on any atom is 0.224 e. The van der Waals surface area contributed by atoms with Gasteiger partial charge >= 0.3 is 0 Å². The molecule has 0 amide bonds. The molecule has 0 saturated carbocycles. The van der Waals surface area contributed by atoms with Crippen LogP contribution in [0.2, 0.25) is 5.28 Å². The standard InChI is InChI=1S/C18H25ClN6O/c1-12-13-9-24(17-14-10-26-11-15(14)21-18(19)22-17)8-5-16(13)25(23-12)7-4-2-3-6-20/h2-11,20H2,1H3. The van der Waals surface area contributed by atoms with E-state index >= 15 is 0 Å². The first-order valence-corrected chi connectivity index (χ1v) is 9.68. The minimum Gasteiger partial charge on any atom is -0.370 e. The number of aromatic nitrogens is 4. The summed E-state index contributed by atoms with van der Waals surface area (Å²) < 4.78 is 7.74. The van der Waals surface area contributed by atoms with Gasteiger partial charge in [0.2, 0.25) is 5.28 Å². The highest BCUT2D eigenvalue weighted by atomic mass is 35.5. The summed E-state index contributed by atoms with van der Waals surface area (Å²) in [5.74, 6) is 0.915. The van der Waals surface area contributed by atoms with E-state index in [0.717, 1.165) is 74.6 Å². The van der Waals surface area contributed by atoms with E-state index in [1.165, 1.54) is 11.3 Å². The first-order valence-electron chi connectivity index (χ1n) is 9.30. The van der Waals surface area contributed by atoms with Gasteiger partial charge in [-0.05, 0) is 37.9 Å². The van der Waals surface area contributed by atoms with Gasteiger partial charge in [0.1, 0.15) is 5.82 Å². The Bertz CT molecular complexity index is 805. The molecule has 4 rings (SSSR count). The van der Waals surface area contributed by atoms with Crippen LogP contribution in [-0.4, -0.2) is 32.8 Å². The van der Waals surface area contributed by atoms with Crippen LogP contribution >= 0.6 is 11.6 Å². The first-order chi connectivity index (χ1) is 12.7. The summed E-state index contributed by atoms with van der Waals surface area (Å²) in [6.07, 6.45) is 4.32. The minimum absolute atomic E-state index is 0.294. The molecule has 0 aliphatic carbocycles. The van der Waals surface area contributed by atoms with E-state index in [2.05, 4.69) is 26.5 Å². The molecule has 0 fully saturated rings. The molecule has 0 bridgehead atoms. The molecule has 2 aliphatic rings. The van der Waals surface area contributed by atoms with Crippen LogP contribution in [0.1, 0.15) is 47.5 Å². The second-order valence-electron chi connectivity index (χ2n) is 6.99. The van der Waals surface area contributed by atoms with Crippen LogP contribution in [0.15, 0.2) is 0 Å². The number of hydrogen-bond donors (Lipinski definition) is 1. The van der Waals surface area contributed by atoms with Crippen molar-refractivity contribution in [2.75, 3.05) is 18.0 Å². The number of nitrogens with zero attached hydrogens (tertiary/aromatic N) is 5. The SMILES string of the molecule is Cc1nn(CCCCCN)c2c1CN(c1nc(Cl)nc3c1COC3)CC2. The molecule has 0 spiro atoms. The molecule has 8 heteroatoms. The van der Waals surface area contributed by atoms with Crippen molar-refractivity contribution in [2.45, 2.75) is 58.9 Å². The third-order valence-electron chi connectivity index (χ3n) is 5.24. The number of fused-ring (bicyclic) bond motifs is 2. The van der Waals surface area contributed by atoms with E-state index in [4.69, 9.17) is 27.2 Å². The van der Waals surface area contributed by atoms with Crippen molar-refractivity contribution in [2.24, 2.45) is 5.73 Å². The topological polar surface area (TPSA) is 82.1 Å². The molecule has 0 radical (unpaired) electrons. The van der Waals surface area contributed by atoms with Crippen molar-refractivity contribution in [3.63, 3.8) is 0 Å². The molecular formula is C18H25ClN6O. The number of hydrogen-bond acceptors (Lipinski definition) is 6. The molecule has 0 aromatic carbocycles. The van der Waals surface area contributed by atoms with Crippen molar-refractivity contribution >= 4 is 17.4 Å². The smallest absolute Gasteiger partial charge is 0.224 e. The molecule has 0 saturated heterocycles. The lowest BCUT2D eigenvalue weighted by Gasteiger charge is -2.30. The zero-order valence-electron chi connectivity index (χ0n) is 15.2. The lowest BCUT2D eigenvalue weighted by Crippen LogP contribution is -2.33. The Morgan fingerprint density at radius 3 is 2.88 bits per heavy atom.